The predicted molar refractivity (Wildman–Crippen MR) is 200 cm³/mol. The lowest BCUT2D eigenvalue weighted by Crippen LogP contribution is -2.17. The van der Waals surface area contributed by atoms with E-state index in [1.165, 1.54) is 43.8 Å². The Balaban J connectivity index is 1.24. The van der Waals surface area contributed by atoms with Crippen molar-refractivity contribution in [1.29, 1.82) is 0 Å². The standard InChI is InChI=1S/C43H32N6/c1-43(2)39-26-30-24-34(48(31-11-18-44-19-12-31)35-6-5-17-47-28-35)10-9-29(30)25-38(39)42-37-8-4-3-7-36(37)41(27-40(42)43)49(32-13-20-45-21-14-32)33-15-22-46-23-16-33/h3-28H,1-2H3. The van der Waals surface area contributed by atoms with E-state index in [0.717, 1.165) is 34.1 Å². The Bertz CT molecular complexity index is 2390. The second-order valence-corrected chi connectivity index (χ2v) is 12.9. The van der Waals surface area contributed by atoms with Gasteiger partial charge in [0.2, 0.25) is 0 Å². The highest BCUT2D eigenvalue weighted by Crippen LogP contribution is 2.55. The normalized spacial score (nSPS) is 12.9. The number of benzene rings is 4. The van der Waals surface area contributed by atoms with Crippen LogP contribution in [0.1, 0.15) is 25.0 Å². The smallest absolute Gasteiger partial charge is 0.0644 e. The molecule has 0 unspecified atom stereocenters. The number of aromatic nitrogens is 4. The maximum Gasteiger partial charge on any atom is 0.0644 e. The molecule has 0 spiro atoms. The first kappa shape index (κ1) is 28.8. The summed E-state index contributed by atoms with van der Waals surface area (Å²) >= 11 is 0. The minimum Gasteiger partial charge on any atom is -0.310 e. The Morgan fingerprint density at radius 2 is 1.08 bits per heavy atom. The highest BCUT2D eigenvalue weighted by Gasteiger charge is 2.38. The summed E-state index contributed by atoms with van der Waals surface area (Å²) in [6, 6.07) is 39.1. The predicted octanol–water partition coefficient (Wildman–Crippen LogP) is 10.8. The summed E-state index contributed by atoms with van der Waals surface area (Å²) in [6.45, 7) is 4.71. The quantitative estimate of drug-likeness (QED) is 0.182. The van der Waals surface area contributed by atoms with Crippen LogP contribution in [0, 0.1) is 0 Å². The van der Waals surface area contributed by atoms with Gasteiger partial charge in [-0.3, -0.25) is 19.9 Å². The molecule has 0 saturated heterocycles. The van der Waals surface area contributed by atoms with Crippen LogP contribution in [-0.2, 0) is 5.41 Å². The van der Waals surface area contributed by atoms with Crippen LogP contribution in [0.2, 0.25) is 0 Å². The summed E-state index contributed by atoms with van der Waals surface area (Å²) in [6.07, 6.45) is 14.8. The van der Waals surface area contributed by atoms with Crippen LogP contribution in [0.25, 0.3) is 32.7 Å². The third kappa shape index (κ3) is 4.72. The van der Waals surface area contributed by atoms with E-state index in [4.69, 9.17) is 0 Å². The molecular formula is C43H32N6. The maximum atomic E-state index is 4.42. The van der Waals surface area contributed by atoms with Crippen molar-refractivity contribution in [3.63, 3.8) is 0 Å². The molecule has 9 rings (SSSR count). The molecule has 0 amide bonds. The lowest BCUT2D eigenvalue weighted by Gasteiger charge is -2.29. The molecule has 8 aromatic rings. The molecule has 0 N–H and O–H groups in total. The van der Waals surface area contributed by atoms with Crippen molar-refractivity contribution in [1.82, 2.24) is 19.9 Å². The van der Waals surface area contributed by atoms with Gasteiger partial charge in [0.25, 0.3) is 0 Å². The van der Waals surface area contributed by atoms with Gasteiger partial charge in [0, 0.05) is 76.9 Å². The van der Waals surface area contributed by atoms with Gasteiger partial charge in [-0.2, -0.15) is 0 Å². The second-order valence-electron chi connectivity index (χ2n) is 12.9. The van der Waals surface area contributed by atoms with Crippen molar-refractivity contribution in [3.05, 3.63) is 170 Å². The Hall–Kier alpha value is -6.40. The largest absolute Gasteiger partial charge is 0.310 e. The molecule has 0 atom stereocenters. The van der Waals surface area contributed by atoms with Crippen LogP contribution in [0.4, 0.5) is 34.1 Å². The van der Waals surface area contributed by atoms with E-state index in [2.05, 4.69) is 135 Å². The van der Waals surface area contributed by atoms with Crippen LogP contribution in [0.5, 0.6) is 0 Å². The van der Waals surface area contributed by atoms with Gasteiger partial charge in [-0.15, -0.1) is 0 Å². The number of nitrogens with zero attached hydrogens (tertiary/aromatic N) is 6. The molecule has 234 valence electrons. The minimum atomic E-state index is -0.246. The van der Waals surface area contributed by atoms with E-state index in [-0.39, 0.29) is 5.41 Å². The van der Waals surface area contributed by atoms with E-state index in [0.29, 0.717) is 0 Å². The zero-order valence-electron chi connectivity index (χ0n) is 27.2. The molecule has 0 radical (unpaired) electrons. The average Bonchev–Trinajstić information content (AvgIpc) is 3.37. The fourth-order valence-corrected chi connectivity index (χ4v) is 7.46. The van der Waals surface area contributed by atoms with Gasteiger partial charge >= 0.3 is 0 Å². The van der Waals surface area contributed by atoms with E-state index < -0.39 is 0 Å². The van der Waals surface area contributed by atoms with Gasteiger partial charge in [0.15, 0.2) is 0 Å². The molecule has 1 aliphatic rings. The van der Waals surface area contributed by atoms with Crippen LogP contribution in [0.15, 0.2) is 159 Å². The van der Waals surface area contributed by atoms with E-state index in [1.807, 2.05) is 61.6 Å². The molecule has 49 heavy (non-hydrogen) atoms. The average molecular weight is 633 g/mol. The van der Waals surface area contributed by atoms with Crippen molar-refractivity contribution in [2.75, 3.05) is 9.80 Å². The van der Waals surface area contributed by atoms with Crippen LogP contribution in [-0.4, -0.2) is 19.9 Å². The lowest BCUT2D eigenvalue weighted by atomic mass is 9.81. The summed E-state index contributed by atoms with van der Waals surface area (Å²) in [7, 11) is 0. The molecule has 4 aromatic heterocycles. The fourth-order valence-electron chi connectivity index (χ4n) is 7.46. The van der Waals surface area contributed by atoms with Crippen LogP contribution >= 0.6 is 0 Å². The Labute approximate surface area is 285 Å². The molecule has 4 heterocycles. The highest BCUT2D eigenvalue weighted by molar-refractivity contribution is 6.11. The summed E-state index contributed by atoms with van der Waals surface area (Å²) in [4.78, 5) is 21.9. The molecule has 0 bridgehead atoms. The Kier molecular flexibility index (Phi) is 6.69. The summed E-state index contributed by atoms with van der Waals surface area (Å²) in [5, 5.41) is 4.83. The third-order valence-electron chi connectivity index (χ3n) is 9.76. The number of hydrogen-bond acceptors (Lipinski definition) is 6. The topological polar surface area (TPSA) is 58.0 Å². The number of pyridine rings is 4. The van der Waals surface area contributed by atoms with Crippen LogP contribution in [0.3, 0.4) is 0 Å². The van der Waals surface area contributed by atoms with E-state index in [1.54, 1.807) is 6.20 Å². The first-order chi connectivity index (χ1) is 24.1. The number of rotatable bonds is 6. The summed E-state index contributed by atoms with van der Waals surface area (Å²) < 4.78 is 0. The second kappa shape index (κ2) is 11.4. The van der Waals surface area contributed by atoms with Crippen LogP contribution < -0.4 is 9.80 Å². The van der Waals surface area contributed by atoms with Gasteiger partial charge in [-0.05, 0) is 117 Å². The Morgan fingerprint density at radius 3 is 1.71 bits per heavy atom. The highest BCUT2D eigenvalue weighted by atomic mass is 15.2. The first-order valence-electron chi connectivity index (χ1n) is 16.4. The molecule has 0 saturated carbocycles. The van der Waals surface area contributed by atoms with Crippen molar-refractivity contribution in [2.24, 2.45) is 0 Å². The minimum absolute atomic E-state index is 0.246. The van der Waals surface area contributed by atoms with Crippen molar-refractivity contribution in [2.45, 2.75) is 19.3 Å². The zero-order valence-corrected chi connectivity index (χ0v) is 27.2. The number of anilines is 6. The molecule has 6 heteroatoms. The third-order valence-corrected chi connectivity index (χ3v) is 9.76. The zero-order chi connectivity index (χ0) is 33.0. The molecular weight excluding hydrogens is 601 g/mol. The maximum absolute atomic E-state index is 4.42. The van der Waals surface area contributed by atoms with Gasteiger partial charge in [-0.25, -0.2) is 0 Å². The molecule has 4 aromatic carbocycles. The van der Waals surface area contributed by atoms with E-state index >= 15 is 0 Å². The number of hydrogen-bond donors (Lipinski definition) is 0. The molecule has 6 nitrogen and oxygen atoms in total. The van der Waals surface area contributed by atoms with Crippen molar-refractivity contribution >= 4 is 55.7 Å². The molecule has 0 fully saturated rings. The number of fused-ring (bicyclic) bond motifs is 6. The fraction of sp³-hybridized carbons (Fsp3) is 0.0698. The molecule has 1 aliphatic carbocycles. The monoisotopic (exact) mass is 632 g/mol. The van der Waals surface area contributed by atoms with E-state index in [9.17, 15) is 0 Å². The van der Waals surface area contributed by atoms with Gasteiger partial charge in [0.05, 0.1) is 17.6 Å². The lowest BCUT2D eigenvalue weighted by molar-refractivity contribution is 0.661. The van der Waals surface area contributed by atoms with Gasteiger partial charge in [0.1, 0.15) is 0 Å². The van der Waals surface area contributed by atoms with Gasteiger partial charge < -0.3 is 9.80 Å². The van der Waals surface area contributed by atoms with Gasteiger partial charge in [-0.1, -0.05) is 44.2 Å². The molecule has 0 aliphatic heterocycles. The Morgan fingerprint density at radius 1 is 0.449 bits per heavy atom. The van der Waals surface area contributed by atoms with Crippen molar-refractivity contribution in [3.8, 4) is 11.1 Å². The SMILES string of the molecule is CC1(C)c2cc3cc(N(c4ccncc4)c4cccnc4)ccc3cc2-c2c1cc(N(c1ccncc1)c1ccncc1)c1ccccc21. The summed E-state index contributed by atoms with van der Waals surface area (Å²) in [5.41, 5.74) is 11.3. The summed E-state index contributed by atoms with van der Waals surface area (Å²) in [5.74, 6) is 0. The van der Waals surface area contributed by atoms with Crippen molar-refractivity contribution < 1.29 is 0 Å². The first-order valence-corrected chi connectivity index (χ1v) is 16.4.